The number of ether oxygens (including phenoxy) is 1. The summed E-state index contributed by atoms with van der Waals surface area (Å²) in [5.74, 6) is -0.390. The lowest BCUT2D eigenvalue weighted by Crippen LogP contribution is -2.34. The molecule has 1 aromatic carbocycles. The number of hydrogen-bond donors (Lipinski definition) is 1. The summed E-state index contributed by atoms with van der Waals surface area (Å²) < 4.78 is 5.54. The van der Waals surface area contributed by atoms with Crippen LogP contribution in [0.25, 0.3) is 0 Å². The Balaban J connectivity index is 1.51. The molecule has 2 aliphatic rings. The van der Waals surface area contributed by atoms with Gasteiger partial charge in [-0.15, -0.1) is 0 Å². The first-order valence-electron chi connectivity index (χ1n) is 8.09. The van der Waals surface area contributed by atoms with Crippen LogP contribution in [-0.2, 0) is 14.3 Å². The predicted octanol–water partition coefficient (Wildman–Crippen LogP) is 2.38. The molecule has 124 valence electrons. The van der Waals surface area contributed by atoms with Crippen LogP contribution in [0.15, 0.2) is 24.3 Å². The molecular weight excluding hydrogens is 316 g/mol. The maximum atomic E-state index is 12.3. The molecule has 2 saturated heterocycles. The molecule has 1 aromatic rings. The van der Waals surface area contributed by atoms with Crippen molar-refractivity contribution in [2.75, 3.05) is 24.6 Å². The van der Waals surface area contributed by atoms with Gasteiger partial charge in [0.2, 0.25) is 11.8 Å². The fourth-order valence-electron chi connectivity index (χ4n) is 3.15. The maximum absolute atomic E-state index is 12.3. The third kappa shape index (κ3) is 4.03. The summed E-state index contributed by atoms with van der Waals surface area (Å²) in [6.07, 6.45) is 3.52. The highest BCUT2D eigenvalue weighted by Crippen LogP contribution is 2.27. The van der Waals surface area contributed by atoms with Crippen LogP contribution in [-0.4, -0.2) is 37.6 Å². The van der Waals surface area contributed by atoms with Gasteiger partial charge in [0.25, 0.3) is 0 Å². The SMILES string of the molecule is O=C(NCC[C@@H]1CCCO1)[C@H]1CC(=O)N(c2cccc(Cl)c2)C1. The van der Waals surface area contributed by atoms with Gasteiger partial charge >= 0.3 is 0 Å². The minimum Gasteiger partial charge on any atom is -0.378 e. The van der Waals surface area contributed by atoms with Crippen LogP contribution >= 0.6 is 11.6 Å². The largest absolute Gasteiger partial charge is 0.378 e. The average Bonchev–Trinajstić information content (AvgIpc) is 3.16. The zero-order valence-corrected chi connectivity index (χ0v) is 13.7. The number of halogens is 1. The van der Waals surface area contributed by atoms with E-state index in [0.717, 1.165) is 31.6 Å². The van der Waals surface area contributed by atoms with Crippen molar-refractivity contribution in [3.63, 3.8) is 0 Å². The van der Waals surface area contributed by atoms with Crippen LogP contribution in [0.4, 0.5) is 5.69 Å². The fourth-order valence-corrected chi connectivity index (χ4v) is 3.33. The predicted molar refractivity (Wildman–Crippen MR) is 88.5 cm³/mol. The summed E-state index contributed by atoms with van der Waals surface area (Å²) in [6.45, 7) is 1.83. The van der Waals surface area contributed by atoms with Crippen LogP contribution in [0.2, 0.25) is 5.02 Å². The van der Waals surface area contributed by atoms with E-state index in [1.807, 2.05) is 6.07 Å². The van der Waals surface area contributed by atoms with Gasteiger partial charge in [-0.2, -0.15) is 0 Å². The van der Waals surface area contributed by atoms with Gasteiger partial charge in [-0.3, -0.25) is 9.59 Å². The summed E-state index contributed by atoms with van der Waals surface area (Å²) in [6, 6.07) is 7.15. The average molecular weight is 337 g/mol. The van der Waals surface area contributed by atoms with E-state index in [2.05, 4.69) is 5.32 Å². The zero-order chi connectivity index (χ0) is 16.2. The van der Waals surface area contributed by atoms with E-state index in [9.17, 15) is 9.59 Å². The van der Waals surface area contributed by atoms with Gasteiger partial charge in [-0.05, 0) is 37.5 Å². The molecule has 0 bridgehead atoms. The third-order valence-electron chi connectivity index (χ3n) is 4.41. The van der Waals surface area contributed by atoms with Gasteiger partial charge in [0.15, 0.2) is 0 Å². The molecule has 2 heterocycles. The molecule has 23 heavy (non-hydrogen) atoms. The van der Waals surface area contributed by atoms with E-state index in [4.69, 9.17) is 16.3 Å². The summed E-state index contributed by atoms with van der Waals surface area (Å²) in [5, 5.41) is 3.51. The Morgan fingerprint density at radius 3 is 3.04 bits per heavy atom. The highest BCUT2D eigenvalue weighted by molar-refractivity contribution is 6.30. The van der Waals surface area contributed by atoms with Gasteiger partial charge in [0.05, 0.1) is 12.0 Å². The molecular formula is C17H21ClN2O3. The number of carbonyl (C=O) groups is 2. The molecule has 0 aromatic heterocycles. The first-order chi connectivity index (χ1) is 11.1. The fraction of sp³-hybridized carbons (Fsp3) is 0.529. The Morgan fingerprint density at radius 1 is 1.43 bits per heavy atom. The van der Waals surface area contributed by atoms with Gasteiger partial charge in [0, 0.05) is 36.8 Å². The van der Waals surface area contributed by atoms with E-state index in [1.165, 1.54) is 0 Å². The molecule has 2 aliphatic heterocycles. The van der Waals surface area contributed by atoms with Crippen molar-refractivity contribution < 1.29 is 14.3 Å². The smallest absolute Gasteiger partial charge is 0.227 e. The van der Waals surface area contributed by atoms with E-state index < -0.39 is 0 Å². The van der Waals surface area contributed by atoms with E-state index in [-0.39, 0.29) is 30.3 Å². The molecule has 5 nitrogen and oxygen atoms in total. The molecule has 2 atom stereocenters. The zero-order valence-electron chi connectivity index (χ0n) is 13.0. The van der Waals surface area contributed by atoms with Crippen molar-refractivity contribution in [3.05, 3.63) is 29.3 Å². The molecule has 0 saturated carbocycles. The Hall–Kier alpha value is -1.59. The molecule has 0 aliphatic carbocycles. The number of amides is 2. The third-order valence-corrected chi connectivity index (χ3v) is 4.64. The second-order valence-corrected chi connectivity index (χ2v) is 6.54. The molecule has 1 N–H and O–H groups in total. The normalized spacial score (nSPS) is 24.2. The monoisotopic (exact) mass is 336 g/mol. The summed E-state index contributed by atoms with van der Waals surface area (Å²) >= 11 is 5.97. The molecule has 0 radical (unpaired) electrons. The molecule has 2 amide bonds. The Labute approximate surface area is 140 Å². The summed E-state index contributed by atoms with van der Waals surface area (Å²) in [5.41, 5.74) is 0.747. The van der Waals surface area contributed by atoms with Crippen molar-refractivity contribution in [3.8, 4) is 0 Å². The molecule has 2 fully saturated rings. The maximum Gasteiger partial charge on any atom is 0.227 e. The molecule has 3 rings (SSSR count). The van der Waals surface area contributed by atoms with Crippen LogP contribution in [0, 0.1) is 5.92 Å². The lowest BCUT2D eigenvalue weighted by atomic mass is 10.1. The molecule has 6 heteroatoms. The number of rotatable bonds is 5. The van der Waals surface area contributed by atoms with Gasteiger partial charge in [-0.25, -0.2) is 0 Å². The number of anilines is 1. The van der Waals surface area contributed by atoms with Crippen molar-refractivity contribution in [1.29, 1.82) is 0 Å². The molecule has 0 spiro atoms. The van der Waals surface area contributed by atoms with Crippen molar-refractivity contribution in [2.45, 2.75) is 31.8 Å². The highest BCUT2D eigenvalue weighted by atomic mass is 35.5. The number of benzene rings is 1. The van der Waals surface area contributed by atoms with E-state index >= 15 is 0 Å². The Bertz CT molecular complexity index is 587. The minimum absolute atomic E-state index is 0.0356. The Kier molecular flexibility index (Phi) is 5.18. The number of carbonyl (C=O) groups excluding carboxylic acids is 2. The summed E-state index contributed by atoms with van der Waals surface area (Å²) in [7, 11) is 0. The van der Waals surface area contributed by atoms with Crippen molar-refractivity contribution in [2.24, 2.45) is 5.92 Å². The highest BCUT2D eigenvalue weighted by Gasteiger charge is 2.35. The van der Waals surface area contributed by atoms with Crippen molar-refractivity contribution in [1.82, 2.24) is 5.32 Å². The second kappa shape index (κ2) is 7.32. The standard InChI is InChI=1S/C17H21ClN2O3/c18-13-3-1-4-14(10-13)20-11-12(9-16(20)21)17(22)19-7-6-15-5-2-8-23-15/h1,3-4,10,12,15H,2,5-9,11H2,(H,19,22)/t12-,15-/m0/s1. The number of nitrogens with one attached hydrogen (secondary N) is 1. The quantitative estimate of drug-likeness (QED) is 0.898. The van der Waals surface area contributed by atoms with E-state index in [1.54, 1.807) is 23.1 Å². The minimum atomic E-state index is -0.300. The topological polar surface area (TPSA) is 58.6 Å². The Morgan fingerprint density at radius 2 is 2.30 bits per heavy atom. The van der Waals surface area contributed by atoms with Crippen LogP contribution in [0.5, 0.6) is 0 Å². The second-order valence-electron chi connectivity index (χ2n) is 6.10. The van der Waals surface area contributed by atoms with Gasteiger partial charge in [0.1, 0.15) is 0 Å². The molecule has 0 unspecified atom stereocenters. The first kappa shape index (κ1) is 16.3. The summed E-state index contributed by atoms with van der Waals surface area (Å²) in [4.78, 5) is 26.1. The number of hydrogen-bond acceptors (Lipinski definition) is 3. The van der Waals surface area contributed by atoms with Gasteiger partial charge < -0.3 is 15.0 Å². The van der Waals surface area contributed by atoms with Gasteiger partial charge in [-0.1, -0.05) is 17.7 Å². The van der Waals surface area contributed by atoms with Crippen LogP contribution in [0.3, 0.4) is 0 Å². The van der Waals surface area contributed by atoms with Crippen LogP contribution < -0.4 is 10.2 Å². The van der Waals surface area contributed by atoms with Crippen molar-refractivity contribution >= 4 is 29.1 Å². The number of nitrogens with zero attached hydrogens (tertiary/aromatic N) is 1. The van der Waals surface area contributed by atoms with Crippen LogP contribution in [0.1, 0.15) is 25.7 Å². The lowest BCUT2D eigenvalue weighted by Gasteiger charge is -2.17. The van der Waals surface area contributed by atoms with E-state index in [0.29, 0.717) is 18.1 Å². The lowest BCUT2D eigenvalue weighted by molar-refractivity contribution is -0.126. The first-order valence-corrected chi connectivity index (χ1v) is 8.46.